The van der Waals surface area contributed by atoms with Crippen LogP contribution in [0.5, 0.6) is 0 Å². The van der Waals surface area contributed by atoms with E-state index in [4.69, 9.17) is 42.6 Å². The van der Waals surface area contributed by atoms with Crippen molar-refractivity contribution in [3.05, 3.63) is 12.2 Å². The number of esters is 1. The number of nitrogens with zero attached hydrogens (tertiary/aromatic N) is 1. The summed E-state index contributed by atoms with van der Waals surface area (Å²) in [6, 6.07) is -1.53. The molecule has 5 aliphatic heterocycles. The first-order valence-corrected chi connectivity index (χ1v) is 30.0. The number of imide groups is 1. The monoisotopic (exact) mass is 1220 g/mol. The van der Waals surface area contributed by atoms with Crippen LogP contribution < -0.4 is 16.1 Å². The Balaban J connectivity index is 0.888. The van der Waals surface area contributed by atoms with Gasteiger partial charge in [0.05, 0.1) is 50.3 Å². The van der Waals surface area contributed by atoms with E-state index in [1.807, 2.05) is 0 Å². The lowest BCUT2D eigenvalue weighted by atomic mass is 9.73. The molecular formula is C56H90N4O25. The lowest BCUT2D eigenvalue weighted by Gasteiger charge is -2.50. The van der Waals surface area contributed by atoms with E-state index < -0.39 is 183 Å². The molecule has 29 heteroatoms. The molecule has 5 saturated heterocycles. The van der Waals surface area contributed by atoms with Crippen molar-refractivity contribution < 1.29 is 122 Å². The van der Waals surface area contributed by atoms with Gasteiger partial charge in [0.25, 0.3) is 11.8 Å². The van der Waals surface area contributed by atoms with Crippen LogP contribution in [0.15, 0.2) is 12.2 Å². The number of aliphatic hydroxyl groups is 10. The number of ether oxygens (including phenoxy) is 9. The summed E-state index contributed by atoms with van der Waals surface area (Å²) in [5, 5.41) is 115. The van der Waals surface area contributed by atoms with Crippen molar-refractivity contribution in [2.75, 3.05) is 26.4 Å². The van der Waals surface area contributed by atoms with Gasteiger partial charge < -0.3 is 104 Å². The molecule has 0 radical (unpaired) electrons. The topological polar surface area (TPSA) is 427 Å². The predicted octanol–water partition coefficient (Wildman–Crippen LogP) is -3.18. The number of allylic oxidation sites excluding steroid dienone is 1. The summed E-state index contributed by atoms with van der Waals surface area (Å²) in [6.07, 6.45) is -17.7. The third kappa shape index (κ3) is 17.3. The van der Waals surface area contributed by atoms with Crippen LogP contribution >= 0.6 is 0 Å². The van der Waals surface area contributed by atoms with Crippen molar-refractivity contribution in [1.29, 1.82) is 0 Å². The molecule has 29 nitrogen and oxygen atoms in total. The third-order valence-electron chi connectivity index (χ3n) is 17.1. The highest BCUT2D eigenvalue weighted by atomic mass is 16.8. The Morgan fingerprint density at radius 1 is 0.565 bits per heavy atom. The summed E-state index contributed by atoms with van der Waals surface area (Å²) in [5.74, 6) is -6.09. The standard InChI is InChI=1S/C56H90N4O25/c1-26-18-19-30(25-78-36(66)21-20-34(64)58-31-15-11-8-6-5-7-9-12-16-31)38-37(26)51(75)60(52(38)76)59-35(65)17-13-10-14-22-77-54-47(74)49(41(68)28(3)79-54)84-53-39(57-29(4)63)48(43(70)33(24-62)81-53)83-56-50(45(72)42(69)32(23-61)82-56)85-55-46(73)44(71)40(67)27(2)80-55/h18-19,26-28,30-33,37-50,53-56,61-62,67-74H,5-17,20-25H2,1-4H3,(H,57,63)(H,58,64)(H,59,65). The number of carbonyl (C=O) groups excluding carboxylic acids is 6. The maximum absolute atomic E-state index is 13.8. The number of unbranched alkanes of at least 4 members (excludes halogenated alkanes) is 2. The van der Waals surface area contributed by atoms with Crippen LogP contribution in [-0.4, -0.2) is 247 Å². The number of hydrazine groups is 1. The molecule has 0 spiro atoms. The molecule has 5 heterocycles. The third-order valence-corrected chi connectivity index (χ3v) is 17.1. The van der Waals surface area contributed by atoms with Gasteiger partial charge in [-0.25, -0.2) is 0 Å². The van der Waals surface area contributed by atoms with Gasteiger partial charge >= 0.3 is 5.97 Å². The number of rotatable bonds is 23. The molecule has 24 atom stereocenters. The van der Waals surface area contributed by atoms with Gasteiger partial charge in [0.15, 0.2) is 25.2 Å². The van der Waals surface area contributed by atoms with E-state index in [1.165, 1.54) is 33.1 Å². The first-order chi connectivity index (χ1) is 40.5. The van der Waals surface area contributed by atoms with Crippen molar-refractivity contribution in [1.82, 2.24) is 21.1 Å². The first-order valence-electron chi connectivity index (χ1n) is 30.0. The zero-order chi connectivity index (χ0) is 61.8. The number of fused-ring (bicyclic) bond motifs is 1. The summed E-state index contributed by atoms with van der Waals surface area (Å²) in [7, 11) is 0. The van der Waals surface area contributed by atoms with E-state index in [1.54, 1.807) is 19.1 Å². The van der Waals surface area contributed by atoms with Gasteiger partial charge in [-0.05, 0) is 45.4 Å². The van der Waals surface area contributed by atoms with Crippen molar-refractivity contribution in [2.45, 2.75) is 253 Å². The predicted molar refractivity (Wildman–Crippen MR) is 287 cm³/mol. The highest BCUT2D eigenvalue weighted by Gasteiger charge is 2.57. The van der Waals surface area contributed by atoms with Crippen LogP contribution in [0, 0.1) is 23.7 Å². The largest absolute Gasteiger partial charge is 0.465 e. The summed E-state index contributed by atoms with van der Waals surface area (Å²) >= 11 is 0. The summed E-state index contributed by atoms with van der Waals surface area (Å²) in [5.41, 5.74) is 2.45. The minimum atomic E-state index is -1.98. The Labute approximate surface area is 492 Å². The molecular weight excluding hydrogens is 1130 g/mol. The molecule has 13 N–H and O–H groups in total. The van der Waals surface area contributed by atoms with Crippen LogP contribution in [0.4, 0.5) is 0 Å². The number of nitrogens with one attached hydrogen (secondary N) is 3. The SMILES string of the molecule is CC(=O)NC1C(OC2C(O)C(C)OC(OCCCCCC(=O)NN3C(=O)C4C(C)C=CC(COC(=O)CCC(=O)NC5CCCCCCCCC5)C4C3=O)C2O)OC(CO)C(O)C1OC1OC(CO)C(O)C(O)C1OC1OC(C)C(O)C(O)C1O. The Hall–Kier alpha value is -3.96. The zero-order valence-electron chi connectivity index (χ0n) is 48.6. The van der Waals surface area contributed by atoms with Gasteiger partial charge in [-0.2, -0.15) is 5.01 Å². The number of aliphatic hydroxyl groups excluding tert-OH is 10. The molecule has 6 fully saturated rings. The molecule has 0 aromatic carbocycles. The average Bonchev–Trinajstić information content (AvgIpc) is 2.14. The number of hydrogen-bond donors (Lipinski definition) is 13. The van der Waals surface area contributed by atoms with Gasteiger partial charge in [-0.15, -0.1) is 0 Å². The van der Waals surface area contributed by atoms with Gasteiger partial charge in [0.1, 0.15) is 85.4 Å². The van der Waals surface area contributed by atoms with Crippen LogP contribution in [0.3, 0.4) is 0 Å². The molecule has 7 rings (SSSR count). The lowest BCUT2D eigenvalue weighted by molar-refractivity contribution is -0.386. The van der Waals surface area contributed by atoms with Gasteiger partial charge in [-0.1, -0.05) is 70.4 Å². The van der Waals surface area contributed by atoms with Crippen LogP contribution in [-0.2, 0) is 71.4 Å². The van der Waals surface area contributed by atoms with E-state index in [0.29, 0.717) is 12.8 Å². The Morgan fingerprint density at radius 2 is 1.16 bits per heavy atom. The lowest BCUT2D eigenvalue weighted by Crippen LogP contribution is -2.70. The second kappa shape index (κ2) is 32.0. The average molecular weight is 1220 g/mol. The summed E-state index contributed by atoms with van der Waals surface area (Å²) in [6.45, 7) is 3.65. The molecule has 24 unspecified atom stereocenters. The van der Waals surface area contributed by atoms with Crippen LogP contribution in [0.25, 0.3) is 0 Å². The summed E-state index contributed by atoms with van der Waals surface area (Å²) < 4.78 is 52.5. The van der Waals surface area contributed by atoms with E-state index in [-0.39, 0.29) is 56.8 Å². The molecule has 2 aliphatic carbocycles. The van der Waals surface area contributed by atoms with Crippen LogP contribution in [0.1, 0.15) is 124 Å². The number of amides is 5. The number of carbonyl (C=O) groups is 6. The molecule has 5 amide bonds. The van der Waals surface area contributed by atoms with Crippen molar-refractivity contribution in [3.63, 3.8) is 0 Å². The Kier molecular flexibility index (Phi) is 25.8. The minimum absolute atomic E-state index is 0.0351. The Bertz CT molecular complexity index is 2230. The van der Waals surface area contributed by atoms with E-state index in [0.717, 1.165) is 50.5 Å². The van der Waals surface area contributed by atoms with Crippen molar-refractivity contribution >= 4 is 35.5 Å². The number of hydrogen-bond acceptors (Lipinski definition) is 25. The maximum Gasteiger partial charge on any atom is 0.306 e. The normalized spacial score (nSPS) is 40.3. The maximum atomic E-state index is 13.8. The van der Waals surface area contributed by atoms with E-state index in [2.05, 4.69) is 16.1 Å². The molecule has 0 aromatic heterocycles. The highest BCUT2D eigenvalue weighted by Crippen LogP contribution is 2.42. The van der Waals surface area contributed by atoms with Crippen molar-refractivity contribution in [2.24, 2.45) is 23.7 Å². The fourth-order valence-electron chi connectivity index (χ4n) is 12.1. The molecule has 7 aliphatic rings. The fraction of sp³-hybridized carbons (Fsp3) is 0.857. The zero-order valence-corrected chi connectivity index (χ0v) is 48.6. The van der Waals surface area contributed by atoms with Crippen LogP contribution in [0.2, 0.25) is 0 Å². The van der Waals surface area contributed by atoms with Crippen molar-refractivity contribution in [3.8, 4) is 0 Å². The molecule has 85 heavy (non-hydrogen) atoms. The minimum Gasteiger partial charge on any atom is -0.465 e. The molecule has 484 valence electrons. The van der Waals surface area contributed by atoms with E-state index >= 15 is 0 Å². The van der Waals surface area contributed by atoms with Gasteiger partial charge in [0.2, 0.25) is 17.7 Å². The quantitative estimate of drug-likeness (QED) is 0.0208. The highest BCUT2D eigenvalue weighted by molar-refractivity contribution is 6.06. The fourth-order valence-corrected chi connectivity index (χ4v) is 12.1. The molecule has 0 aromatic rings. The van der Waals surface area contributed by atoms with E-state index in [9.17, 15) is 79.8 Å². The summed E-state index contributed by atoms with van der Waals surface area (Å²) in [4.78, 5) is 78.9. The smallest absolute Gasteiger partial charge is 0.306 e. The first kappa shape index (κ1) is 68.5. The molecule has 0 bridgehead atoms. The molecule has 1 saturated carbocycles. The van der Waals surface area contributed by atoms with Gasteiger partial charge in [-0.3, -0.25) is 34.2 Å². The Morgan fingerprint density at radius 3 is 1.84 bits per heavy atom. The van der Waals surface area contributed by atoms with Gasteiger partial charge in [0, 0.05) is 38.3 Å². The second-order valence-electron chi connectivity index (χ2n) is 23.5. The second-order valence-corrected chi connectivity index (χ2v) is 23.5.